The third-order valence-electron chi connectivity index (χ3n) is 2.61. The summed E-state index contributed by atoms with van der Waals surface area (Å²) in [7, 11) is 0. The third-order valence-corrected chi connectivity index (χ3v) is 3.19. The van der Waals surface area contributed by atoms with E-state index < -0.39 is 0 Å². The summed E-state index contributed by atoms with van der Waals surface area (Å²) < 4.78 is 5.82. The molecule has 0 aliphatic heterocycles. The molecule has 3 heteroatoms. The number of thioether (sulfide) groups is 1. The van der Waals surface area contributed by atoms with Crippen molar-refractivity contribution in [3.8, 4) is 5.75 Å². The summed E-state index contributed by atoms with van der Waals surface area (Å²) in [6.07, 6.45) is 3.02. The molecule has 0 aliphatic rings. The van der Waals surface area contributed by atoms with Crippen molar-refractivity contribution in [2.24, 2.45) is 5.73 Å². The highest BCUT2D eigenvalue weighted by Crippen LogP contribution is 2.25. The molecule has 0 fully saturated rings. The van der Waals surface area contributed by atoms with Gasteiger partial charge in [0.05, 0.1) is 6.61 Å². The van der Waals surface area contributed by atoms with E-state index in [1.165, 1.54) is 16.7 Å². The van der Waals surface area contributed by atoms with Gasteiger partial charge in [0, 0.05) is 11.8 Å². The molecule has 0 aromatic heterocycles. The van der Waals surface area contributed by atoms with E-state index in [9.17, 15) is 0 Å². The molecule has 0 bridgehead atoms. The van der Waals surface area contributed by atoms with Crippen molar-refractivity contribution in [3.63, 3.8) is 0 Å². The van der Waals surface area contributed by atoms with Crippen LogP contribution in [-0.4, -0.2) is 24.7 Å². The van der Waals surface area contributed by atoms with Crippen LogP contribution < -0.4 is 10.5 Å². The van der Waals surface area contributed by atoms with Crippen molar-refractivity contribution in [1.29, 1.82) is 0 Å². The van der Waals surface area contributed by atoms with Crippen molar-refractivity contribution < 1.29 is 4.74 Å². The van der Waals surface area contributed by atoms with Crippen LogP contribution in [0.5, 0.6) is 5.75 Å². The SMILES string of the molecule is CSCCOc1c(C)cc(CC(C)N)cc1C. The van der Waals surface area contributed by atoms with E-state index in [0.717, 1.165) is 24.5 Å². The van der Waals surface area contributed by atoms with Crippen LogP contribution in [0.15, 0.2) is 12.1 Å². The Morgan fingerprint density at radius 2 is 1.88 bits per heavy atom. The van der Waals surface area contributed by atoms with E-state index in [1.807, 2.05) is 6.92 Å². The fourth-order valence-corrected chi connectivity index (χ4v) is 2.23. The number of nitrogens with two attached hydrogens (primary N) is 1. The number of hydrogen-bond acceptors (Lipinski definition) is 3. The normalized spacial score (nSPS) is 12.5. The van der Waals surface area contributed by atoms with Crippen LogP contribution >= 0.6 is 11.8 Å². The van der Waals surface area contributed by atoms with Crippen molar-refractivity contribution in [2.45, 2.75) is 33.2 Å². The molecule has 1 aromatic rings. The Labute approximate surface area is 109 Å². The highest BCUT2D eigenvalue weighted by atomic mass is 32.2. The minimum absolute atomic E-state index is 0.206. The zero-order chi connectivity index (χ0) is 12.8. The van der Waals surface area contributed by atoms with E-state index >= 15 is 0 Å². The molecule has 17 heavy (non-hydrogen) atoms. The Morgan fingerprint density at radius 1 is 1.29 bits per heavy atom. The second-order valence-electron chi connectivity index (χ2n) is 4.58. The smallest absolute Gasteiger partial charge is 0.125 e. The molecule has 0 saturated carbocycles. The standard InChI is InChI=1S/C14H23NOS/c1-10-7-13(9-12(3)15)8-11(2)14(10)16-5-6-17-4/h7-8,12H,5-6,9,15H2,1-4H3. The lowest BCUT2D eigenvalue weighted by molar-refractivity contribution is 0.339. The quantitative estimate of drug-likeness (QED) is 0.792. The van der Waals surface area contributed by atoms with Gasteiger partial charge in [0.1, 0.15) is 5.75 Å². The second kappa shape index (κ2) is 6.92. The zero-order valence-electron chi connectivity index (χ0n) is 11.2. The number of aryl methyl sites for hydroxylation is 2. The number of hydrogen-bond donors (Lipinski definition) is 1. The summed E-state index contributed by atoms with van der Waals surface area (Å²) in [5.41, 5.74) is 9.55. The lowest BCUT2D eigenvalue weighted by Crippen LogP contribution is -2.18. The minimum Gasteiger partial charge on any atom is -0.492 e. The summed E-state index contributed by atoms with van der Waals surface area (Å²) in [5.74, 6) is 2.06. The zero-order valence-corrected chi connectivity index (χ0v) is 12.1. The van der Waals surface area contributed by atoms with Gasteiger partial charge in [-0.1, -0.05) is 12.1 Å². The van der Waals surface area contributed by atoms with E-state index in [1.54, 1.807) is 11.8 Å². The molecule has 1 aromatic carbocycles. The summed E-state index contributed by atoms with van der Waals surface area (Å²) >= 11 is 1.80. The molecule has 1 unspecified atom stereocenters. The van der Waals surface area contributed by atoms with Crippen molar-refractivity contribution in [2.75, 3.05) is 18.6 Å². The molecule has 0 saturated heterocycles. The van der Waals surface area contributed by atoms with Gasteiger partial charge in [-0.15, -0.1) is 0 Å². The summed E-state index contributed by atoms with van der Waals surface area (Å²) in [6.45, 7) is 7.02. The average molecular weight is 253 g/mol. The summed E-state index contributed by atoms with van der Waals surface area (Å²) in [5, 5.41) is 0. The van der Waals surface area contributed by atoms with Crippen molar-refractivity contribution in [1.82, 2.24) is 0 Å². The van der Waals surface area contributed by atoms with Crippen molar-refractivity contribution >= 4 is 11.8 Å². The van der Waals surface area contributed by atoms with Gasteiger partial charge in [-0.3, -0.25) is 0 Å². The van der Waals surface area contributed by atoms with E-state index in [4.69, 9.17) is 10.5 Å². The van der Waals surface area contributed by atoms with Crippen molar-refractivity contribution in [3.05, 3.63) is 28.8 Å². The first-order valence-electron chi connectivity index (χ1n) is 6.02. The van der Waals surface area contributed by atoms with Gasteiger partial charge in [0.15, 0.2) is 0 Å². The molecule has 2 N–H and O–H groups in total. The van der Waals surface area contributed by atoms with Crippen LogP contribution in [0.1, 0.15) is 23.6 Å². The molecule has 2 nitrogen and oxygen atoms in total. The molecule has 96 valence electrons. The Morgan fingerprint density at radius 3 is 2.35 bits per heavy atom. The molecule has 0 heterocycles. The van der Waals surface area contributed by atoms with Gasteiger partial charge in [0.2, 0.25) is 0 Å². The fourth-order valence-electron chi connectivity index (χ4n) is 1.98. The van der Waals surface area contributed by atoms with Crippen LogP contribution in [0, 0.1) is 13.8 Å². The highest BCUT2D eigenvalue weighted by molar-refractivity contribution is 7.98. The molecule has 0 amide bonds. The number of benzene rings is 1. The van der Waals surface area contributed by atoms with E-state index in [2.05, 4.69) is 32.2 Å². The largest absolute Gasteiger partial charge is 0.492 e. The van der Waals surface area contributed by atoms with Gasteiger partial charge in [-0.25, -0.2) is 0 Å². The molecule has 1 rings (SSSR count). The van der Waals surface area contributed by atoms with E-state index in [0.29, 0.717) is 0 Å². The lowest BCUT2D eigenvalue weighted by Gasteiger charge is -2.14. The minimum atomic E-state index is 0.206. The Bertz CT molecular complexity index is 340. The molecular formula is C14H23NOS. The third kappa shape index (κ3) is 4.60. The van der Waals surface area contributed by atoms with E-state index in [-0.39, 0.29) is 6.04 Å². The maximum atomic E-state index is 5.83. The van der Waals surface area contributed by atoms with Gasteiger partial charge in [0.25, 0.3) is 0 Å². The summed E-state index contributed by atoms with van der Waals surface area (Å²) in [4.78, 5) is 0. The van der Waals surface area contributed by atoms with Gasteiger partial charge in [-0.2, -0.15) is 11.8 Å². The molecule has 0 spiro atoms. The second-order valence-corrected chi connectivity index (χ2v) is 5.57. The van der Waals surface area contributed by atoms with Gasteiger partial charge >= 0.3 is 0 Å². The Hall–Kier alpha value is -0.670. The predicted molar refractivity (Wildman–Crippen MR) is 77.1 cm³/mol. The molecule has 0 radical (unpaired) electrons. The average Bonchev–Trinajstić information content (AvgIpc) is 2.21. The van der Waals surface area contributed by atoms with Crippen LogP contribution in [-0.2, 0) is 6.42 Å². The predicted octanol–water partition coefficient (Wildman–Crippen LogP) is 2.93. The van der Waals surface area contributed by atoms with Crippen LogP contribution in [0.25, 0.3) is 0 Å². The monoisotopic (exact) mass is 253 g/mol. The number of ether oxygens (including phenoxy) is 1. The van der Waals surface area contributed by atoms with Gasteiger partial charge in [-0.05, 0) is 50.1 Å². The maximum absolute atomic E-state index is 5.83. The van der Waals surface area contributed by atoms with Crippen LogP contribution in [0.2, 0.25) is 0 Å². The molecule has 0 aliphatic carbocycles. The highest BCUT2D eigenvalue weighted by Gasteiger charge is 2.07. The van der Waals surface area contributed by atoms with Crippen LogP contribution in [0.3, 0.4) is 0 Å². The first-order valence-corrected chi connectivity index (χ1v) is 7.41. The fraction of sp³-hybridized carbons (Fsp3) is 0.571. The molecular weight excluding hydrogens is 230 g/mol. The Kier molecular flexibility index (Phi) is 5.86. The maximum Gasteiger partial charge on any atom is 0.125 e. The summed E-state index contributed by atoms with van der Waals surface area (Å²) in [6, 6.07) is 4.58. The first kappa shape index (κ1) is 14.4. The lowest BCUT2D eigenvalue weighted by atomic mass is 10.0. The van der Waals surface area contributed by atoms with Crippen LogP contribution in [0.4, 0.5) is 0 Å². The topological polar surface area (TPSA) is 35.2 Å². The van der Waals surface area contributed by atoms with Gasteiger partial charge < -0.3 is 10.5 Å². The molecule has 1 atom stereocenters. The Balaban J connectivity index is 2.79. The first-order chi connectivity index (χ1) is 8.04. The number of rotatable bonds is 6.